The summed E-state index contributed by atoms with van der Waals surface area (Å²) >= 11 is -6.07. The quantitative estimate of drug-likeness (QED) is 0.117. The van der Waals surface area contributed by atoms with Crippen LogP contribution in [0.3, 0.4) is 0 Å². The summed E-state index contributed by atoms with van der Waals surface area (Å²) in [5.41, 5.74) is 14.1. The summed E-state index contributed by atoms with van der Waals surface area (Å²) in [6.07, 6.45) is 6.73. The van der Waals surface area contributed by atoms with Gasteiger partial charge in [0, 0.05) is 0 Å². The van der Waals surface area contributed by atoms with E-state index >= 15 is 0 Å². The van der Waals surface area contributed by atoms with Crippen LogP contribution in [0.2, 0.25) is 0 Å². The van der Waals surface area contributed by atoms with Crippen LogP contribution in [0.4, 0.5) is 0 Å². The predicted octanol–water partition coefficient (Wildman–Crippen LogP) is 14.0. The van der Waals surface area contributed by atoms with E-state index in [0.29, 0.717) is 23.7 Å². The van der Waals surface area contributed by atoms with Crippen molar-refractivity contribution in [3.05, 3.63) is 129 Å². The van der Waals surface area contributed by atoms with Gasteiger partial charge < -0.3 is 0 Å². The molecule has 2 aliphatic carbocycles. The molecule has 0 radical (unpaired) electrons. The average molecular weight is 896 g/mol. The second-order valence-corrected chi connectivity index (χ2v) is 39.5. The van der Waals surface area contributed by atoms with Crippen molar-refractivity contribution in [2.45, 2.75) is 114 Å². The molecule has 0 saturated heterocycles. The first-order chi connectivity index (χ1) is 27.5. The average Bonchev–Trinajstić information content (AvgIpc) is 3.75. The van der Waals surface area contributed by atoms with Gasteiger partial charge in [0.1, 0.15) is 0 Å². The third-order valence-corrected chi connectivity index (χ3v) is 32.2. The van der Waals surface area contributed by atoms with Crippen molar-refractivity contribution in [3.8, 4) is 22.3 Å². The minimum atomic E-state index is -6.07. The molecule has 2 amide bonds. The Kier molecular flexibility index (Phi) is 13.6. The van der Waals surface area contributed by atoms with Gasteiger partial charge in [0.05, 0.1) is 0 Å². The number of benzene rings is 4. The van der Waals surface area contributed by atoms with Crippen LogP contribution in [0.15, 0.2) is 96.1 Å². The molecule has 0 fully saturated rings. The Hall–Kier alpha value is -3.17. The zero-order chi connectivity index (χ0) is 42.1. The molecule has 0 aromatic heterocycles. The summed E-state index contributed by atoms with van der Waals surface area (Å²) in [6.45, 7) is 21.6. The Bertz CT molecular complexity index is 2100. The fraction of sp³-hybridized carbons (Fsp3) is 0.400. The molecular weight excluding hydrogens is 834 g/mol. The van der Waals surface area contributed by atoms with Gasteiger partial charge in [-0.1, -0.05) is 0 Å². The van der Waals surface area contributed by atoms with Gasteiger partial charge in [-0.05, 0) is 0 Å². The van der Waals surface area contributed by atoms with E-state index in [9.17, 15) is 9.59 Å². The summed E-state index contributed by atoms with van der Waals surface area (Å²) in [6, 6.07) is 30.5. The van der Waals surface area contributed by atoms with E-state index in [1.54, 1.807) is 0 Å². The molecule has 2 aliphatic rings. The second-order valence-electron chi connectivity index (χ2n) is 18.1. The monoisotopic (exact) mass is 893 g/mol. The van der Waals surface area contributed by atoms with Gasteiger partial charge in [0.15, 0.2) is 0 Å². The maximum absolute atomic E-state index is 13.8. The second kappa shape index (κ2) is 17.8. The van der Waals surface area contributed by atoms with Crippen LogP contribution in [0.5, 0.6) is 0 Å². The summed E-state index contributed by atoms with van der Waals surface area (Å²) in [5.74, 6) is 0.860. The molecule has 2 unspecified atom stereocenters. The van der Waals surface area contributed by atoms with Crippen LogP contribution in [-0.4, -0.2) is 16.3 Å². The molecule has 0 saturated carbocycles. The van der Waals surface area contributed by atoms with E-state index < -0.39 is 27.9 Å². The summed E-state index contributed by atoms with van der Waals surface area (Å²) in [4.78, 5) is 27.7. The molecule has 4 nitrogen and oxygen atoms in total. The number of allylic oxidation sites excluding steroid dienone is 2. The molecule has 0 bridgehead atoms. The molecule has 4 aromatic rings. The summed E-state index contributed by atoms with van der Waals surface area (Å²) < 4.78 is -1.78. The van der Waals surface area contributed by atoms with Gasteiger partial charge in [-0.15, -0.1) is 0 Å². The summed E-state index contributed by atoms with van der Waals surface area (Å²) in [7, 11) is 18.0. The molecule has 6 rings (SSSR count). The fourth-order valence-corrected chi connectivity index (χ4v) is 30.5. The number of rotatable bonds is 15. The van der Waals surface area contributed by atoms with Gasteiger partial charge in [-0.3, -0.25) is 0 Å². The normalized spacial score (nSPS) is 16.9. The summed E-state index contributed by atoms with van der Waals surface area (Å²) in [5, 5.41) is 6.64. The van der Waals surface area contributed by atoms with Crippen molar-refractivity contribution in [2.24, 2.45) is 11.8 Å². The van der Waals surface area contributed by atoms with Gasteiger partial charge in [0.25, 0.3) is 0 Å². The molecule has 305 valence electrons. The number of fused-ring (bicyclic) bond motifs is 2. The Morgan fingerprint density at radius 2 is 0.931 bits per heavy atom. The zero-order valence-electron chi connectivity index (χ0n) is 36.2. The molecule has 8 heteroatoms. The number of carbonyl (C=O) groups excluding carboxylic acids is 2. The molecule has 4 aromatic carbocycles. The van der Waals surface area contributed by atoms with Crippen molar-refractivity contribution in [1.82, 2.24) is 10.5 Å². The Morgan fingerprint density at radius 3 is 1.28 bits per heavy atom. The van der Waals surface area contributed by atoms with Crippen LogP contribution in [-0.2, 0) is 25.8 Å². The van der Waals surface area contributed by atoms with E-state index in [4.69, 9.17) is 17.0 Å². The number of nitrogens with one attached hydrogen (secondary N) is 2. The van der Waals surface area contributed by atoms with Crippen LogP contribution in [0.25, 0.3) is 34.4 Å². The van der Waals surface area contributed by atoms with Gasteiger partial charge in [0.2, 0.25) is 0 Å². The Balaban J connectivity index is 1.74. The molecule has 2 atom stereocenters. The third kappa shape index (κ3) is 8.29. The Morgan fingerprint density at radius 1 is 0.569 bits per heavy atom. The number of amides is 2. The van der Waals surface area contributed by atoms with E-state index in [0.717, 1.165) is 46.2 Å². The minimum absolute atomic E-state index is 0.192. The van der Waals surface area contributed by atoms with Crippen molar-refractivity contribution in [3.63, 3.8) is 0 Å². The van der Waals surface area contributed by atoms with E-state index in [1.165, 1.54) is 33.4 Å². The van der Waals surface area contributed by atoms with Crippen LogP contribution >= 0.6 is 17.0 Å². The topological polar surface area (TPSA) is 58.2 Å². The molecular formula is C50H62BCl2N2O2Zr. The van der Waals surface area contributed by atoms with Crippen LogP contribution < -0.4 is 10.5 Å². The van der Waals surface area contributed by atoms with Crippen molar-refractivity contribution in [1.29, 1.82) is 0 Å². The third-order valence-electron chi connectivity index (χ3n) is 12.2. The fourth-order valence-electron chi connectivity index (χ4n) is 9.83. The van der Waals surface area contributed by atoms with E-state index in [2.05, 4.69) is 163 Å². The number of carbonyl (C=O) groups is 2. The van der Waals surface area contributed by atoms with E-state index in [-0.39, 0.29) is 24.7 Å². The van der Waals surface area contributed by atoms with Crippen molar-refractivity contribution < 1.29 is 25.8 Å². The van der Waals surface area contributed by atoms with Crippen LogP contribution in [0, 0.1) is 11.8 Å². The molecule has 2 N–H and O–H groups in total. The maximum atomic E-state index is 13.8. The zero-order valence-corrected chi connectivity index (χ0v) is 40.1. The van der Waals surface area contributed by atoms with Gasteiger partial charge in [-0.2, -0.15) is 0 Å². The van der Waals surface area contributed by atoms with Gasteiger partial charge in [-0.25, -0.2) is 0 Å². The van der Waals surface area contributed by atoms with Crippen molar-refractivity contribution in [2.75, 3.05) is 0 Å². The number of hydrogen-bond acceptors (Lipinski definition) is 2. The first-order valence-corrected chi connectivity index (χ1v) is 32.1. The molecule has 0 heterocycles. The van der Waals surface area contributed by atoms with Gasteiger partial charge >= 0.3 is 359 Å². The predicted molar refractivity (Wildman–Crippen MR) is 247 cm³/mol. The Labute approximate surface area is 356 Å². The SMILES string of the molecule is CCC(=O)N[B](NC(=O)CC)[Zr]([Cl])([Cl])([CH]1C(CC(C)C)=Cc2c(-c3ccccc3C(C)C)cccc21)[CH]1C(CC(C)C)=Cc2c(-c3ccccc3C(C)C)cccc21. The van der Waals surface area contributed by atoms with Crippen molar-refractivity contribution >= 4 is 45.5 Å². The first-order valence-electron chi connectivity index (χ1n) is 21.5. The molecule has 0 spiro atoms. The molecule has 0 aliphatic heterocycles. The molecule has 58 heavy (non-hydrogen) atoms. The number of hydrogen-bond donors (Lipinski definition) is 2. The standard InChI is InChI=1S/2C22H25.C6H11BN2O2.2ClH.Zr/c2*1-15(2)12-17-13-18-8-7-11-21(22(18)14-17)20-10-6-5-9-19(20)16(3)4;1-3-5(10)8-7-9-6(11)4-2;;;/h2*5-11,13-16H,12H2,1-4H3;3-4H2,1-2H3,(H-,8,9,10,11);2*1H;/q;;;;;+1/p-1. The number of halogens is 2. The van der Waals surface area contributed by atoms with E-state index in [1.807, 2.05) is 13.8 Å². The first kappa shape index (κ1) is 44.4. The van der Waals surface area contributed by atoms with Crippen LogP contribution in [0.1, 0.15) is 147 Å².